The topological polar surface area (TPSA) is 50.1 Å². The van der Waals surface area contributed by atoms with E-state index in [4.69, 9.17) is 0 Å². The Hall–Kier alpha value is -1.97. The third-order valence-electron chi connectivity index (χ3n) is 2.81. The molecule has 0 aliphatic carbocycles. The molecule has 0 unspecified atom stereocenters. The average molecular weight is 231 g/mol. The molecule has 2 aromatic rings. The van der Waals surface area contributed by atoms with Crippen molar-refractivity contribution < 1.29 is 5.11 Å². The van der Waals surface area contributed by atoms with Gasteiger partial charge in [-0.05, 0) is 37.6 Å². The Morgan fingerprint density at radius 1 is 1.41 bits per heavy atom. The molecule has 90 valence electrons. The van der Waals surface area contributed by atoms with Gasteiger partial charge in [-0.2, -0.15) is 0 Å². The normalized spacial score (nSPS) is 10.5. The SMILES string of the molecule is CCn1cncc1CNc1ccc(O)cc1C. The molecule has 0 amide bonds. The van der Waals surface area contributed by atoms with Gasteiger partial charge in [-0.1, -0.05) is 0 Å². The van der Waals surface area contributed by atoms with Gasteiger partial charge in [0.25, 0.3) is 0 Å². The molecule has 0 aliphatic rings. The predicted molar refractivity (Wildman–Crippen MR) is 68.1 cm³/mol. The van der Waals surface area contributed by atoms with Gasteiger partial charge in [0.1, 0.15) is 5.75 Å². The number of nitrogens with zero attached hydrogens (tertiary/aromatic N) is 2. The fourth-order valence-electron chi connectivity index (χ4n) is 1.81. The van der Waals surface area contributed by atoms with E-state index in [2.05, 4.69) is 21.8 Å². The van der Waals surface area contributed by atoms with Crippen molar-refractivity contribution >= 4 is 5.69 Å². The van der Waals surface area contributed by atoms with Crippen LogP contribution in [0.2, 0.25) is 0 Å². The van der Waals surface area contributed by atoms with Gasteiger partial charge in [-0.25, -0.2) is 4.98 Å². The minimum Gasteiger partial charge on any atom is -0.508 e. The maximum absolute atomic E-state index is 9.33. The lowest BCUT2D eigenvalue weighted by molar-refractivity contribution is 0.475. The summed E-state index contributed by atoms with van der Waals surface area (Å²) in [6, 6.07) is 5.32. The third kappa shape index (κ3) is 2.58. The molecule has 0 atom stereocenters. The number of aryl methyl sites for hydroxylation is 2. The smallest absolute Gasteiger partial charge is 0.115 e. The first-order valence-corrected chi connectivity index (χ1v) is 5.73. The lowest BCUT2D eigenvalue weighted by atomic mass is 10.2. The minimum atomic E-state index is 0.298. The summed E-state index contributed by atoms with van der Waals surface area (Å²) in [4.78, 5) is 4.12. The van der Waals surface area contributed by atoms with Gasteiger partial charge in [-0.3, -0.25) is 0 Å². The summed E-state index contributed by atoms with van der Waals surface area (Å²) < 4.78 is 2.10. The Morgan fingerprint density at radius 2 is 2.24 bits per heavy atom. The van der Waals surface area contributed by atoms with E-state index < -0.39 is 0 Å². The van der Waals surface area contributed by atoms with Crippen molar-refractivity contribution in [3.05, 3.63) is 42.0 Å². The van der Waals surface area contributed by atoms with E-state index >= 15 is 0 Å². The first kappa shape index (κ1) is 11.5. The van der Waals surface area contributed by atoms with Crippen LogP contribution in [-0.2, 0) is 13.1 Å². The van der Waals surface area contributed by atoms with Crippen LogP contribution in [0.3, 0.4) is 0 Å². The molecule has 0 bridgehead atoms. The molecule has 4 heteroatoms. The van der Waals surface area contributed by atoms with E-state index in [1.54, 1.807) is 12.1 Å². The van der Waals surface area contributed by atoms with Crippen LogP contribution in [0, 0.1) is 6.92 Å². The Balaban J connectivity index is 2.07. The zero-order valence-corrected chi connectivity index (χ0v) is 10.1. The lowest BCUT2D eigenvalue weighted by Gasteiger charge is -2.10. The fourth-order valence-corrected chi connectivity index (χ4v) is 1.81. The van der Waals surface area contributed by atoms with Gasteiger partial charge in [0.15, 0.2) is 0 Å². The van der Waals surface area contributed by atoms with Crippen molar-refractivity contribution in [1.29, 1.82) is 0 Å². The molecule has 0 saturated carbocycles. The van der Waals surface area contributed by atoms with Crippen molar-refractivity contribution in [2.45, 2.75) is 26.9 Å². The number of nitrogens with one attached hydrogen (secondary N) is 1. The van der Waals surface area contributed by atoms with Gasteiger partial charge in [0, 0.05) is 18.4 Å². The van der Waals surface area contributed by atoms with Crippen LogP contribution in [0.15, 0.2) is 30.7 Å². The molecule has 4 nitrogen and oxygen atoms in total. The van der Waals surface area contributed by atoms with E-state index in [0.717, 1.165) is 30.0 Å². The average Bonchev–Trinajstić information content (AvgIpc) is 2.75. The lowest BCUT2D eigenvalue weighted by Crippen LogP contribution is -2.06. The molecule has 2 N–H and O–H groups in total. The number of phenols is 1. The van der Waals surface area contributed by atoms with Crippen molar-refractivity contribution in [3.8, 4) is 5.75 Å². The molecule has 0 fully saturated rings. The highest BCUT2D eigenvalue weighted by atomic mass is 16.3. The number of aromatic nitrogens is 2. The summed E-state index contributed by atoms with van der Waals surface area (Å²) in [5, 5.41) is 12.7. The van der Waals surface area contributed by atoms with Gasteiger partial charge in [0.05, 0.1) is 18.6 Å². The van der Waals surface area contributed by atoms with Crippen LogP contribution < -0.4 is 5.32 Å². The molecule has 0 radical (unpaired) electrons. The van der Waals surface area contributed by atoms with Crippen LogP contribution in [0.25, 0.3) is 0 Å². The van der Waals surface area contributed by atoms with E-state index in [-0.39, 0.29) is 0 Å². The van der Waals surface area contributed by atoms with E-state index in [1.165, 1.54) is 0 Å². The number of rotatable bonds is 4. The highest BCUT2D eigenvalue weighted by Gasteiger charge is 2.02. The predicted octanol–water partition coefficient (Wildman–Crippen LogP) is 2.53. The molecule has 2 rings (SSSR count). The van der Waals surface area contributed by atoms with Gasteiger partial charge in [-0.15, -0.1) is 0 Å². The maximum atomic E-state index is 9.33. The molecule has 0 spiro atoms. The van der Waals surface area contributed by atoms with Crippen molar-refractivity contribution in [2.75, 3.05) is 5.32 Å². The summed E-state index contributed by atoms with van der Waals surface area (Å²) in [5.41, 5.74) is 3.22. The quantitative estimate of drug-likeness (QED) is 0.795. The molecule has 0 saturated heterocycles. The largest absolute Gasteiger partial charge is 0.508 e. The summed E-state index contributed by atoms with van der Waals surface area (Å²) in [6.07, 6.45) is 3.70. The highest BCUT2D eigenvalue weighted by molar-refractivity contribution is 5.53. The van der Waals surface area contributed by atoms with Crippen LogP contribution in [0.4, 0.5) is 5.69 Å². The fraction of sp³-hybridized carbons (Fsp3) is 0.308. The summed E-state index contributed by atoms with van der Waals surface area (Å²) in [6.45, 7) is 5.72. The second kappa shape index (κ2) is 4.91. The Bertz CT molecular complexity index is 505. The standard InChI is InChI=1S/C13H17N3O/c1-3-16-9-14-7-11(16)8-15-13-5-4-12(17)6-10(13)2/h4-7,9,15,17H,3,8H2,1-2H3. The summed E-state index contributed by atoms with van der Waals surface area (Å²) in [7, 11) is 0. The number of hydrogen-bond acceptors (Lipinski definition) is 3. The first-order chi connectivity index (χ1) is 8.20. The van der Waals surface area contributed by atoms with Crippen molar-refractivity contribution in [1.82, 2.24) is 9.55 Å². The van der Waals surface area contributed by atoms with E-state index in [9.17, 15) is 5.11 Å². The molecule has 0 aliphatic heterocycles. The van der Waals surface area contributed by atoms with E-state index in [0.29, 0.717) is 5.75 Å². The summed E-state index contributed by atoms with van der Waals surface area (Å²) in [5.74, 6) is 0.298. The minimum absolute atomic E-state index is 0.298. The van der Waals surface area contributed by atoms with Gasteiger partial charge >= 0.3 is 0 Å². The number of imidazole rings is 1. The molecule has 1 aromatic carbocycles. The van der Waals surface area contributed by atoms with Crippen LogP contribution in [0.1, 0.15) is 18.2 Å². The molecular weight excluding hydrogens is 214 g/mol. The zero-order valence-electron chi connectivity index (χ0n) is 10.1. The summed E-state index contributed by atoms with van der Waals surface area (Å²) >= 11 is 0. The van der Waals surface area contributed by atoms with Crippen LogP contribution in [-0.4, -0.2) is 14.7 Å². The maximum Gasteiger partial charge on any atom is 0.115 e. The second-order valence-electron chi connectivity index (χ2n) is 4.02. The van der Waals surface area contributed by atoms with Crippen molar-refractivity contribution in [2.24, 2.45) is 0 Å². The first-order valence-electron chi connectivity index (χ1n) is 5.73. The highest BCUT2D eigenvalue weighted by Crippen LogP contribution is 2.20. The third-order valence-corrected chi connectivity index (χ3v) is 2.81. The monoisotopic (exact) mass is 231 g/mol. The van der Waals surface area contributed by atoms with Crippen LogP contribution >= 0.6 is 0 Å². The van der Waals surface area contributed by atoms with E-state index in [1.807, 2.05) is 25.5 Å². The Labute approximate surface area is 101 Å². The molecule has 1 aromatic heterocycles. The molecule has 1 heterocycles. The van der Waals surface area contributed by atoms with Gasteiger partial charge in [0.2, 0.25) is 0 Å². The second-order valence-corrected chi connectivity index (χ2v) is 4.02. The Morgan fingerprint density at radius 3 is 2.94 bits per heavy atom. The number of hydrogen-bond donors (Lipinski definition) is 2. The zero-order chi connectivity index (χ0) is 12.3. The van der Waals surface area contributed by atoms with Crippen LogP contribution in [0.5, 0.6) is 5.75 Å². The number of phenolic OH excluding ortho intramolecular Hbond substituents is 1. The Kier molecular flexibility index (Phi) is 3.32. The number of aromatic hydroxyl groups is 1. The van der Waals surface area contributed by atoms with Gasteiger partial charge < -0.3 is 15.0 Å². The number of anilines is 1. The number of benzene rings is 1. The molecule has 17 heavy (non-hydrogen) atoms. The van der Waals surface area contributed by atoms with Crippen molar-refractivity contribution in [3.63, 3.8) is 0 Å². The molecular formula is C13H17N3O.